The Morgan fingerprint density at radius 1 is 1.21 bits per heavy atom. The highest BCUT2D eigenvalue weighted by molar-refractivity contribution is 7.92. The largest absolute Gasteiger partial charge is 0.496 e. The maximum absolute atomic E-state index is 14.0. The molecule has 178 valence electrons. The van der Waals surface area contributed by atoms with Crippen LogP contribution in [0.15, 0.2) is 53.6 Å². The molecule has 0 spiro atoms. The Bertz CT molecular complexity index is 1400. The van der Waals surface area contributed by atoms with Gasteiger partial charge in [-0.2, -0.15) is 0 Å². The van der Waals surface area contributed by atoms with Crippen molar-refractivity contribution in [2.75, 3.05) is 18.1 Å². The van der Waals surface area contributed by atoms with Crippen LogP contribution in [0.5, 0.6) is 5.75 Å². The minimum absolute atomic E-state index is 0.317. The third-order valence-corrected chi connectivity index (χ3v) is 6.32. The highest BCUT2D eigenvalue weighted by Gasteiger charge is 2.54. The zero-order valence-electron chi connectivity index (χ0n) is 18.5. The topological polar surface area (TPSA) is 101 Å². The van der Waals surface area contributed by atoms with Gasteiger partial charge in [-0.05, 0) is 67.0 Å². The molecule has 0 unspecified atom stereocenters. The average Bonchev–Trinajstić information content (AvgIpc) is 3.59. The number of sulfonamides is 1. The second-order valence-electron chi connectivity index (χ2n) is 8.20. The smallest absolute Gasteiger partial charge is 0.255 e. The highest BCUT2D eigenvalue weighted by Crippen LogP contribution is 2.56. The van der Waals surface area contributed by atoms with Crippen molar-refractivity contribution in [3.8, 4) is 16.9 Å². The zero-order valence-corrected chi connectivity index (χ0v) is 19.3. The number of ether oxygens (including phenoxy) is 1. The van der Waals surface area contributed by atoms with Gasteiger partial charge in [0.15, 0.2) is 0 Å². The lowest BCUT2D eigenvalue weighted by Gasteiger charge is -2.21. The first-order valence-electron chi connectivity index (χ1n) is 10.4. The first-order chi connectivity index (χ1) is 16.1. The Morgan fingerprint density at radius 2 is 1.97 bits per heavy atom. The number of nitrogens with one attached hydrogen (secondary N) is 2. The van der Waals surface area contributed by atoms with Crippen molar-refractivity contribution < 1.29 is 21.9 Å². The fourth-order valence-electron chi connectivity index (χ4n) is 3.87. The molecule has 4 rings (SSSR count). The summed E-state index contributed by atoms with van der Waals surface area (Å²) in [4.78, 5) is 19.2. The number of rotatable bonds is 8. The van der Waals surface area contributed by atoms with E-state index in [4.69, 9.17) is 4.74 Å². The van der Waals surface area contributed by atoms with Gasteiger partial charge in [0.05, 0.1) is 36.4 Å². The molecule has 1 aliphatic rings. The molecule has 0 amide bonds. The van der Waals surface area contributed by atoms with Crippen LogP contribution in [0.4, 0.5) is 14.5 Å². The van der Waals surface area contributed by atoms with Crippen molar-refractivity contribution in [3.05, 3.63) is 76.0 Å². The second-order valence-corrected chi connectivity index (χ2v) is 9.94. The Kier molecular flexibility index (Phi) is 6.26. The number of aromatic nitrogens is 2. The van der Waals surface area contributed by atoms with Crippen molar-refractivity contribution in [3.63, 3.8) is 0 Å². The van der Waals surface area contributed by atoms with Crippen LogP contribution in [-0.4, -0.2) is 38.2 Å². The maximum atomic E-state index is 14.0. The maximum Gasteiger partial charge on any atom is 0.255 e. The van der Waals surface area contributed by atoms with Gasteiger partial charge in [0, 0.05) is 22.9 Å². The Balaban J connectivity index is 1.79. The van der Waals surface area contributed by atoms with Crippen LogP contribution in [0.1, 0.15) is 29.7 Å². The van der Waals surface area contributed by atoms with Gasteiger partial charge in [0.2, 0.25) is 16.4 Å². The van der Waals surface area contributed by atoms with Crippen LogP contribution >= 0.6 is 0 Å². The molecule has 0 radical (unpaired) electrons. The van der Waals surface area contributed by atoms with E-state index < -0.39 is 21.9 Å². The van der Waals surface area contributed by atoms with E-state index in [-0.39, 0.29) is 5.56 Å². The van der Waals surface area contributed by atoms with E-state index in [0.29, 0.717) is 52.2 Å². The summed E-state index contributed by atoms with van der Waals surface area (Å²) in [5.41, 5.74) is 0.953. The van der Waals surface area contributed by atoms with Gasteiger partial charge in [-0.25, -0.2) is 17.2 Å². The minimum Gasteiger partial charge on any atom is -0.496 e. The van der Waals surface area contributed by atoms with E-state index in [1.54, 1.807) is 48.6 Å². The summed E-state index contributed by atoms with van der Waals surface area (Å²) in [6.45, 7) is 0. The number of hydrogen-bond donors (Lipinski definition) is 2. The fraction of sp³-hybridized carbons (Fsp3) is 0.250. The molecule has 3 aromatic rings. The van der Waals surface area contributed by atoms with Gasteiger partial charge in [0.1, 0.15) is 5.75 Å². The molecule has 1 aromatic carbocycles. The number of aromatic amines is 1. The number of anilines is 1. The number of hydrogen-bond acceptors (Lipinski definition) is 5. The molecule has 0 atom stereocenters. The van der Waals surface area contributed by atoms with Crippen molar-refractivity contribution >= 4 is 27.9 Å². The molecular weight excluding hydrogens is 464 g/mol. The summed E-state index contributed by atoms with van der Waals surface area (Å²) in [6, 6.07) is 9.81. The van der Waals surface area contributed by atoms with Gasteiger partial charge in [-0.15, -0.1) is 0 Å². The standard InChI is InChI=1S/C24H23F2N3O4S/c1-33-21-15(5-6-17-7-8-18(14-28-17)29-34(2,31)32)12-16(19-4-3-11-27-22(19)30)13-20(21)24(9-10-24)23(25)26/h3-8,11-14,23,29H,9-10H2,1-2H3,(H,27,30). The molecule has 2 N–H and O–H groups in total. The SMILES string of the molecule is COc1c(C=Cc2ccc(NS(C)(=O)=O)cn2)cc(-c2ccc[nH]c2=O)cc1C1(C(F)F)CC1. The molecule has 10 heteroatoms. The fourth-order valence-corrected chi connectivity index (χ4v) is 4.42. The van der Waals surface area contributed by atoms with E-state index in [1.807, 2.05) is 0 Å². The third-order valence-electron chi connectivity index (χ3n) is 5.72. The second kappa shape index (κ2) is 9.02. The molecule has 1 saturated carbocycles. The number of H-pyrrole nitrogens is 1. The molecule has 1 fully saturated rings. The monoisotopic (exact) mass is 487 g/mol. The normalized spacial score (nSPS) is 15.0. The van der Waals surface area contributed by atoms with Crippen LogP contribution in [0.25, 0.3) is 23.3 Å². The van der Waals surface area contributed by atoms with Gasteiger partial charge >= 0.3 is 0 Å². The molecule has 0 aliphatic heterocycles. The number of benzene rings is 1. The van der Waals surface area contributed by atoms with Crippen LogP contribution in [-0.2, 0) is 15.4 Å². The van der Waals surface area contributed by atoms with E-state index in [2.05, 4.69) is 14.7 Å². The molecule has 34 heavy (non-hydrogen) atoms. The molecule has 0 bridgehead atoms. The van der Waals surface area contributed by atoms with E-state index in [0.717, 1.165) is 6.26 Å². The van der Waals surface area contributed by atoms with Crippen LogP contribution in [0.2, 0.25) is 0 Å². The first kappa shape index (κ1) is 23.6. The summed E-state index contributed by atoms with van der Waals surface area (Å²) < 4.78 is 58.7. The third kappa shape index (κ3) is 4.86. The summed E-state index contributed by atoms with van der Waals surface area (Å²) in [5.74, 6) is 0.320. The summed E-state index contributed by atoms with van der Waals surface area (Å²) in [7, 11) is -2.00. The Hall–Kier alpha value is -3.53. The number of alkyl halides is 2. The molecule has 0 saturated heterocycles. The highest BCUT2D eigenvalue weighted by atomic mass is 32.2. The number of nitrogens with zero attached hydrogens (tertiary/aromatic N) is 1. The van der Waals surface area contributed by atoms with E-state index in [9.17, 15) is 22.0 Å². The predicted octanol–water partition coefficient (Wildman–Crippen LogP) is 4.28. The zero-order chi connectivity index (χ0) is 24.5. The minimum atomic E-state index is -3.42. The Morgan fingerprint density at radius 3 is 2.53 bits per heavy atom. The molecular formula is C24H23F2N3O4S. The molecule has 7 nitrogen and oxygen atoms in total. The van der Waals surface area contributed by atoms with Gasteiger partial charge in [-0.3, -0.25) is 14.5 Å². The van der Waals surface area contributed by atoms with Crippen LogP contribution < -0.4 is 15.0 Å². The Labute approximate surface area is 195 Å². The lowest BCUT2D eigenvalue weighted by atomic mass is 9.89. The summed E-state index contributed by atoms with van der Waals surface area (Å²) >= 11 is 0. The number of pyridine rings is 2. The first-order valence-corrected chi connectivity index (χ1v) is 12.3. The number of methoxy groups -OCH3 is 1. The van der Waals surface area contributed by atoms with Gasteiger partial charge < -0.3 is 9.72 Å². The molecule has 2 heterocycles. The molecule has 1 aliphatic carbocycles. The van der Waals surface area contributed by atoms with Crippen LogP contribution in [0, 0.1) is 0 Å². The van der Waals surface area contributed by atoms with Crippen molar-refractivity contribution in [1.29, 1.82) is 0 Å². The molecule has 2 aromatic heterocycles. The van der Waals surface area contributed by atoms with Crippen molar-refractivity contribution in [2.24, 2.45) is 0 Å². The predicted molar refractivity (Wildman–Crippen MR) is 128 cm³/mol. The quantitative estimate of drug-likeness (QED) is 0.494. The average molecular weight is 488 g/mol. The van der Waals surface area contributed by atoms with Gasteiger partial charge in [-0.1, -0.05) is 0 Å². The lowest BCUT2D eigenvalue weighted by Crippen LogP contribution is -2.19. The van der Waals surface area contributed by atoms with Crippen LogP contribution in [0.3, 0.4) is 0 Å². The van der Waals surface area contributed by atoms with E-state index >= 15 is 0 Å². The lowest BCUT2D eigenvalue weighted by molar-refractivity contribution is 0.100. The number of halogens is 2. The van der Waals surface area contributed by atoms with Crippen molar-refractivity contribution in [2.45, 2.75) is 24.7 Å². The van der Waals surface area contributed by atoms with E-state index in [1.165, 1.54) is 19.5 Å². The van der Waals surface area contributed by atoms with Gasteiger partial charge in [0.25, 0.3) is 5.56 Å². The summed E-state index contributed by atoms with van der Waals surface area (Å²) in [5, 5.41) is 0. The van der Waals surface area contributed by atoms with Crippen molar-refractivity contribution in [1.82, 2.24) is 9.97 Å². The summed E-state index contributed by atoms with van der Waals surface area (Å²) in [6.07, 6.45) is 5.35.